The Hall–Kier alpha value is -1.65. The summed E-state index contributed by atoms with van der Waals surface area (Å²) in [4.78, 5) is 0.340. The summed E-state index contributed by atoms with van der Waals surface area (Å²) in [6.45, 7) is 2.56. The van der Waals surface area contributed by atoms with Gasteiger partial charge in [0.1, 0.15) is 0 Å². The minimum atomic E-state index is -3.40. The third-order valence-electron chi connectivity index (χ3n) is 3.55. The number of aryl methyl sites for hydroxylation is 2. The predicted molar refractivity (Wildman–Crippen MR) is 90.4 cm³/mol. The third kappa shape index (κ3) is 4.97. The minimum absolute atomic E-state index is 0.340. The molecule has 0 aliphatic heterocycles. The van der Waals surface area contributed by atoms with Crippen molar-refractivity contribution in [2.45, 2.75) is 37.5 Å². The van der Waals surface area contributed by atoms with Crippen molar-refractivity contribution in [3.05, 3.63) is 65.7 Å². The molecule has 0 fully saturated rings. The number of hydrogen-bond donors (Lipinski definition) is 1. The zero-order chi connectivity index (χ0) is 15.8. The van der Waals surface area contributed by atoms with Crippen molar-refractivity contribution < 1.29 is 8.42 Å². The highest BCUT2D eigenvalue weighted by atomic mass is 32.2. The molecule has 2 aromatic carbocycles. The fourth-order valence-electron chi connectivity index (χ4n) is 2.35. The quantitative estimate of drug-likeness (QED) is 0.757. The van der Waals surface area contributed by atoms with E-state index < -0.39 is 10.0 Å². The van der Waals surface area contributed by atoms with E-state index >= 15 is 0 Å². The molecular weight excluding hydrogens is 294 g/mol. The molecule has 0 atom stereocenters. The van der Waals surface area contributed by atoms with Gasteiger partial charge in [0.05, 0.1) is 4.90 Å². The van der Waals surface area contributed by atoms with Crippen LogP contribution in [0.5, 0.6) is 0 Å². The molecule has 118 valence electrons. The maximum Gasteiger partial charge on any atom is 0.240 e. The highest BCUT2D eigenvalue weighted by molar-refractivity contribution is 7.89. The smallest absolute Gasteiger partial charge is 0.211 e. The summed E-state index contributed by atoms with van der Waals surface area (Å²) >= 11 is 0. The summed E-state index contributed by atoms with van der Waals surface area (Å²) in [5.74, 6) is 0. The number of rotatable bonds is 8. The van der Waals surface area contributed by atoms with Crippen LogP contribution in [0, 0.1) is 0 Å². The van der Waals surface area contributed by atoms with Crippen LogP contribution in [-0.2, 0) is 22.9 Å². The van der Waals surface area contributed by atoms with E-state index in [2.05, 4.69) is 23.8 Å². The van der Waals surface area contributed by atoms with Crippen molar-refractivity contribution in [1.82, 2.24) is 4.72 Å². The Morgan fingerprint density at radius 3 is 2.14 bits per heavy atom. The van der Waals surface area contributed by atoms with Crippen LogP contribution in [0.15, 0.2) is 59.5 Å². The molecule has 2 aromatic rings. The van der Waals surface area contributed by atoms with E-state index in [1.165, 1.54) is 11.1 Å². The zero-order valence-corrected chi connectivity index (χ0v) is 13.8. The van der Waals surface area contributed by atoms with Gasteiger partial charge < -0.3 is 0 Å². The zero-order valence-electron chi connectivity index (χ0n) is 13.0. The van der Waals surface area contributed by atoms with Crippen LogP contribution >= 0.6 is 0 Å². The van der Waals surface area contributed by atoms with Crippen molar-refractivity contribution in [2.24, 2.45) is 0 Å². The van der Waals surface area contributed by atoms with Gasteiger partial charge in [-0.15, -0.1) is 0 Å². The van der Waals surface area contributed by atoms with Gasteiger partial charge in [0.2, 0.25) is 10.0 Å². The molecule has 0 unspecified atom stereocenters. The summed E-state index contributed by atoms with van der Waals surface area (Å²) in [6.07, 6.45) is 3.70. The lowest BCUT2D eigenvalue weighted by atomic mass is 10.1. The summed E-state index contributed by atoms with van der Waals surface area (Å²) < 4.78 is 27.1. The Kier molecular flexibility index (Phi) is 6.16. The van der Waals surface area contributed by atoms with E-state index in [1.54, 1.807) is 12.1 Å². The van der Waals surface area contributed by atoms with Gasteiger partial charge in [-0.05, 0) is 42.5 Å². The number of sulfonamides is 1. The average Bonchev–Trinajstić information content (AvgIpc) is 2.53. The van der Waals surface area contributed by atoms with E-state index in [0.717, 1.165) is 25.7 Å². The first kappa shape index (κ1) is 16.7. The maximum absolute atomic E-state index is 12.2. The summed E-state index contributed by atoms with van der Waals surface area (Å²) in [7, 11) is -3.40. The molecule has 1 N–H and O–H groups in total. The molecule has 3 nitrogen and oxygen atoms in total. The number of benzene rings is 2. The Balaban J connectivity index is 1.85. The van der Waals surface area contributed by atoms with E-state index in [-0.39, 0.29) is 0 Å². The Labute approximate surface area is 133 Å². The second-order valence-corrected chi connectivity index (χ2v) is 7.15. The number of hydrogen-bond acceptors (Lipinski definition) is 2. The van der Waals surface area contributed by atoms with Gasteiger partial charge in [0.15, 0.2) is 0 Å². The molecule has 4 heteroatoms. The summed E-state index contributed by atoms with van der Waals surface area (Å²) in [5, 5.41) is 0. The predicted octanol–water partition coefficient (Wildman–Crippen LogP) is 3.55. The SMILES string of the molecule is CCCc1ccc(S(=O)(=O)NCCCc2ccccc2)cc1. The third-order valence-corrected chi connectivity index (χ3v) is 5.03. The van der Waals surface area contributed by atoms with Crippen LogP contribution in [0.1, 0.15) is 30.9 Å². The fourth-order valence-corrected chi connectivity index (χ4v) is 3.43. The molecule has 0 aromatic heterocycles. The summed E-state index contributed by atoms with van der Waals surface area (Å²) in [5.41, 5.74) is 2.40. The van der Waals surface area contributed by atoms with E-state index in [4.69, 9.17) is 0 Å². The lowest BCUT2D eigenvalue weighted by Crippen LogP contribution is -2.25. The van der Waals surface area contributed by atoms with Crippen LogP contribution in [0.3, 0.4) is 0 Å². The van der Waals surface area contributed by atoms with Crippen molar-refractivity contribution >= 4 is 10.0 Å². The second-order valence-electron chi connectivity index (χ2n) is 5.38. The standard InChI is InChI=1S/C18H23NO2S/c1-2-7-16-11-13-18(14-12-16)22(20,21)19-15-6-10-17-8-4-3-5-9-17/h3-5,8-9,11-14,19H,2,6-7,10,15H2,1H3. The number of nitrogens with one attached hydrogen (secondary N) is 1. The first-order valence-electron chi connectivity index (χ1n) is 7.74. The normalized spacial score (nSPS) is 11.5. The van der Waals surface area contributed by atoms with Gasteiger partial charge in [-0.25, -0.2) is 13.1 Å². The molecule has 0 saturated carbocycles. The molecule has 0 heterocycles. The van der Waals surface area contributed by atoms with Crippen LogP contribution in [-0.4, -0.2) is 15.0 Å². The Morgan fingerprint density at radius 1 is 0.864 bits per heavy atom. The minimum Gasteiger partial charge on any atom is -0.211 e. The molecular formula is C18H23NO2S. The molecule has 0 aliphatic carbocycles. The first-order chi connectivity index (χ1) is 10.6. The van der Waals surface area contributed by atoms with Gasteiger partial charge in [0.25, 0.3) is 0 Å². The van der Waals surface area contributed by atoms with Gasteiger partial charge in [-0.1, -0.05) is 55.8 Å². The molecule has 2 rings (SSSR count). The van der Waals surface area contributed by atoms with Crippen LogP contribution in [0.4, 0.5) is 0 Å². The van der Waals surface area contributed by atoms with Gasteiger partial charge in [-0.2, -0.15) is 0 Å². The van der Waals surface area contributed by atoms with Gasteiger partial charge >= 0.3 is 0 Å². The van der Waals surface area contributed by atoms with E-state index in [1.807, 2.05) is 30.3 Å². The average molecular weight is 317 g/mol. The van der Waals surface area contributed by atoms with Crippen molar-refractivity contribution in [3.63, 3.8) is 0 Å². The molecule has 22 heavy (non-hydrogen) atoms. The molecule has 0 saturated heterocycles. The largest absolute Gasteiger partial charge is 0.240 e. The molecule has 0 amide bonds. The Bertz CT molecular complexity index is 664. The molecule has 0 spiro atoms. The maximum atomic E-state index is 12.2. The van der Waals surface area contributed by atoms with Gasteiger partial charge in [0, 0.05) is 6.54 Å². The molecule has 0 bridgehead atoms. The molecule has 0 radical (unpaired) electrons. The monoisotopic (exact) mass is 317 g/mol. The van der Waals surface area contributed by atoms with Gasteiger partial charge in [-0.3, -0.25) is 0 Å². The van der Waals surface area contributed by atoms with E-state index in [0.29, 0.717) is 11.4 Å². The lowest BCUT2D eigenvalue weighted by molar-refractivity contribution is 0.579. The van der Waals surface area contributed by atoms with E-state index in [9.17, 15) is 8.42 Å². The highest BCUT2D eigenvalue weighted by Crippen LogP contribution is 2.12. The topological polar surface area (TPSA) is 46.2 Å². The first-order valence-corrected chi connectivity index (χ1v) is 9.22. The molecule has 0 aliphatic rings. The van der Waals surface area contributed by atoms with Crippen LogP contribution < -0.4 is 4.72 Å². The van der Waals surface area contributed by atoms with Crippen molar-refractivity contribution in [1.29, 1.82) is 0 Å². The fraction of sp³-hybridized carbons (Fsp3) is 0.333. The van der Waals surface area contributed by atoms with Crippen LogP contribution in [0.2, 0.25) is 0 Å². The van der Waals surface area contributed by atoms with Crippen molar-refractivity contribution in [2.75, 3.05) is 6.54 Å². The second kappa shape index (κ2) is 8.11. The highest BCUT2D eigenvalue weighted by Gasteiger charge is 2.12. The summed E-state index contributed by atoms with van der Waals surface area (Å²) in [6, 6.07) is 17.2. The van der Waals surface area contributed by atoms with Crippen molar-refractivity contribution in [3.8, 4) is 0 Å². The lowest BCUT2D eigenvalue weighted by Gasteiger charge is -2.08. The van der Waals surface area contributed by atoms with Crippen LogP contribution in [0.25, 0.3) is 0 Å². The Morgan fingerprint density at radius 2 is 1.50 bits per heavy atom.